The molecule has 3 rings (SSSR count). The Morgan fingerprint density at radius 2 is 2.05 bits per heavy atom. The molecule has 4 nitrogen and oxygen atoms in total. The number of carbonyl (C=O) groups excluding carboxylic acids is 1. The second-order valence-electron chi connectivity index (χ2n) is 4.78. The van der Waals surface area contributed by atoms with E-state index in [1.165, 1.54) is 24.4 Å². The number of hydrogen-bond donors (Lipinski definition) is 2. The maximum absolute atomic E-state index is 13.5. The van der Waals surface area contributed by atoms with Gasteiger partial charge in [0.2, 0.25) is 0 Å². The van der Waals surface area contributed by atoms with Gasteiger partial charge >= 0.3 is 0 Å². The molecular weight excluding hydrogens is 259 g/mol. The highest BCUT2D eigenvalue weighted by Crippen LogP contribution is 2.17. The van der Waals surface area contributed by atoms with Crippen LogP contribution in [0.25, 0.3) is 0 Å². The Kier molecular flexibility index (Phi) is 3.10. The molecular formula is C15H13FN2O2. The zero-order chi connectivity index (χ0) is 14.1. The number of carbonyl (C=O) groups is 1. The van der Waals surface area contributed by atoms with Gasteiger partial charge in [-0.2, -0.15) is 0 Å². The van der Waals surface area contributed by atoms with Gasteiger partial charge in [-0.05, 0) is 31.4 Å². The summed E-state index contributed by atoms with van der Waals surface area (Å²) in [6, 6.07) is 5.86. The monoisotopic (exact) mass is 272 g/mol. The van der Waals surface area contributed by atoms with Crippen molar-refractivity contribution in [3.8, 4) is 0 Å². The van der Waals surface area contributed by atoms with Gasteiger partial charge in [-0.25, -0.2) is 4.39 Å². The van der Waals surface area contributed by atoms with Gasteiger partial charge in [-0.15, -0.1) is 0 Å². The number of aromatic amines is 1. The van der Waals surface area contributed by atoms with Gasteiger partial charge in [0.25, 0.3) is 5.91 Å². The average molecular weight is 272 g/mol. The number of nitrogens with one attached hydrogen (secondary N) is 2. The van der Waals surface area contributed by atoms with Crippen LogP contribution in [0.5, 0.6) is 0 Å². The topological polar surface area (TPSA) is 62.0 Å². The second kappa shape index (κ2) is 4.92. The standard InChI is InChI=1S/C15H13FN2O2/c16-11-5-1-2-6-13(11)18-15(20)10-8-17-12-7-3-4-9(12)14(10)19/h1-2,5-6,8H,3-4,7H2,(H,17,19)(H,18,20). The predicted octanol–water partition coefficient (Wildman–Crippen LogP) is 2.25. The summed E-state index contributed by atoms with van der Waals surface area (Å²) in [6.07, 6.45) is 3.84. The first-order valence-electron chi connectivity index (χ1n) is 6.46. The van der Waals surface area contributed by atoms with Gasteiger partial charge in [0.05, 0.1) is 5.69 Å². The van der Waals surface area contributed by atoms with Crippen LogP contribution in [0.15, 0.2) is 35.3 Å². The van der Waals surface area contributed by atoms with Crippen molar-refractivity contribution in [3.63, 3.8) is 0 Å². The third kappa shape index (κ3) is 2.11. The lowest BCUT2D eigenvalue weighted by Crippen LogP contribution is -2.24. The van der Waals surface area contributed by atoms with E-state index in [0.717, 1.165) is 18.5 Å². The highest BCUT2D eigenvalue weighted by molar-refractivity contribution is 6.04. The van der Waals surface area contributed by atoms with Crippen LogP contribution in [0.4, 0.5) is 10.1 Å². The molecule has 20 heavy (non-hydrogen) atoms. The van der Waals surface area contributed by atoms with E-state index < -0.39 is 11.7 Å². The molecule has 0 atom stereocenters. The van der Waals surface area contributed by atoms with Crippen molar-refractivity contribution in [1.29, 1.82) is 0 Å². The van der Waals surface area contributed by atoms with Gasteiger partial charge in [-0.3, -0.25) is 9.59 Å². The van der Waals surface area contributed by atoms with Crippen molar-refractivity contribution in [2.24, 2.45) is 0 Å². The molecule has 1 amide bonds. The summed E-state index contributed by atoms with van der Waals surface area (Å²) in [6.45, 7) is 0. The summed E-state index contributed by atoms with van der Waals surface area (Å²) in [5, 5.41) is 2.42. The fourth-order valence-electron chi connectivity index (χ4n) is 2.46. The number of anilines is 1. The van der Waals surface area contributed by atoms with Crippen LogP contribution in [0.2, 0.25) is 0 Å². The molecule has 0 saturated heterocycles. The number of benzene rings is 1. The number of amides is 1. The molecule has 1 aromatic heterocycles. The quantitative estimate of drug-likeness (QED) is 0.880. The lowest BCUT2D eigenvalue weighted by Gasteiger charge is -2.07. The molecule has 1 heterocycles. The Morgan fingerprint density at radius 3 is 2.85 bits per heavy atom. The van der Waals surface area contributed by atoms with E-state index >= 15 is 0 Å². The zero-order valence-electron chi connectivity index (χ0n) is 10.7. The van der Waals surface area contributed by atoms with E-state index in [2.05, 4.69) is 10.3 Å². The third-order valence-corrected chi connectivity index (χ3v) is 3.49. The summed E-state index contributed by atoms with van der Waals surface area (Å²) in [5.74, 6) is -1.12. The van der Waals surface area contributed by atoms with Gasteiger partial charge in [-0.1, -0.05) is 12.1 Å². The molecule has 5 heteroatoms. The highest BCUT2D eigenvalue weighted by atomic mass is 19.1. The minimum absolute atomic E-state index is 0.0221. The first kappa shape index (κ1) is 12.6. The molecule has 0 unspecified atom stereocenters. The second-order valence-corrected chi connectivity index (χ2v) is 4.78. The van der Waals surface area contributed by atoms with Gasteiger partial charge in [0.15, 0.2) is 5.43 Å². The van der Waals surface area contributed by atoms with Crippen molar-refractivity contribution < 1.29 is 9.18 Å². The molecule has 0 fully saturated rings. The fraction of sp³-hybridized carbons (Fsp3) is 0.200. The van der Waals surface area contributed by atoms with Gasteiger partial charge in [0.1, 0.15) is 11.4 Å². The van der Waals surface area contributed by atoms with Gasteiger partial charge in [0, 0.05) is 17.5 Å². The average Bonchev–Trinajstić information content (AvgIpc) is 2.91. The normalized spacial score (nSPS) is 13.1. The zero-order valence-corrected chi connectivity index (χ0v) is 10.7. The van der Waals surface area contributed by atoms with Crippen LogP contribution in [-0.2, 0) is 12.8 Å². The number of hydrogen-bond acceptors (Lipinski definition) is 2. The number of pyridine rings is 1. The minimum Gasteiger partial charge on any atom is -0.364 e. The summed E-state index contributed by atoms with van der Waals surface area (Å²) in [7, 11) is 0. The lowest BCUT2D eigenvalue weighted by atomic mass is 10.1. The largest absolute Gasteiger partial charge is 0.364 e. The van der Waals surface area contributed by atoms with Crippen LogP contribution in [0.3, 0.4) is 0 Å². The summed E-state index contributed by atoms with van der Waals surface area (Å²) in [5.41, 5.74) is 1.40. The number of halogens is 1. The maximum atomic E-state index is 13.5. The number of aromatic nitrogens is 1. The first-order valence-corrected chi connectivity index (χ1v) is 6.46. The van der Waals surface area contributed by atoms with E-state index in [4.69, 9.17) is 0 Å². The molecule has 1 aliphatic rings. The maximum Gasteiger partial charge on any atom is 0.261 e. The van der Waals surface area contributed by atoms with Crippen LogP contribution in [0, 0.1) is 5.82 Å². The van der Waals surface area contributed by atoms with Crippen molar-refractivity contribution >= 4 is 11.6 Å². The summed E-state index contributed by atoms with van der Waals surface area (Å²) in [4.78, 5) is 27.3. The summed E-state index contributed by atoms with van der Waals surface area (Å²) < 4.78 is 13.5. The van der Waals surface area contributed by atoms with Crippen molar-refractivity contribution in [2.75, 3.05) is 5.32 Å². The predicted molar refractivity (Wildman–Crippen MR) is 73.4 cm³/mol. The van der Waals surface area contributed by atoms with Crippen molar-refractivity contribution in [3.05, 3.63) is 63.3 Å². The molecule has 1 aromatic carbocycles. The Labute approximate surface area is 114 Å². The fourth-order valence-corrected chi connectivity index (χ4v) is 2.46. The molecule has 1 aliphatic carbocycles. The molecule has 0 spiro atoms. The number of rotatable bonds is 2. The number of H-pyrrole nitrogens is 1. The van der Waals surface area contributed by atoms with Crippen molar-refractivity contribution in [1.82, 2.24) is 4.98 Å². The molecule has 0 bridgehead atoms. The Morgan fingerprint density at radius 1 is 1.25 bits per heavy atom. The highest BCUT2D eigenvalue weighted by Gasteiger charge is 2.20. The Bertz CT molecular complexity index is 737. The number of aryl methyl sites for hydroxylation is 1. The lowest BCUT2D eigenvalue weighted by molar-refractivity contribution is 0.102. The van der Waals surface area contributed by atoms with E-state index in [0.29, 0.717) is 12.0 Å². The number of fused-ring (bicyclic) bond motifs is 1. The Hall–Kier alpha value is -2.43. The molecule has 0 saturated carbocycles. The first-order chi connectivity index (χ1) is 9.66. The van der Waals surface area contributed by atoms with E-state index in [-0.39, 0.29) is 16.7 Å². The van der Waals surface area contributed by atoms with Crippen molar-refractivity contribution in [2.45, 2.75) is 19.3 Å². The summed E-state index contributed by atoms with van der Waals surface area (Å²) >= 11 is 0. The molecule has 102 valence electrons. The molecule has 2 N–H and O–H groups in total. The van der Waals surface area contributed by atoms with Crippen LogP contribution < -0.4 is 10.7 Å². The van der Waals surface area contributed by atoms with E-state index in [1.807, 2.05) is 0 Å². The third-order valence-electron chi connectivity index (χ3n) is 3.49. The molecule has 0 aliphatic heterocycles. The van der Waals surface area contributed by atoms with Crippen LogP contribution in [-0.4, -0.2) is 10.9 Å². The number of para-hydroxylation sites is 1. The van der Waals surface area contributed by atoms with Crippen LogP contribution in [0.1, 0.15) is 28.0 Å². The SMILES string of the molecule is O=C(Nc1ccccc1F)c1c[nH]c2c(c1=O)CCC2. The van der Waals surface area contributed by atoms with Crippen LogP contribution >= 0.6 is 0 Å². The van der Waals surface area contributed by atoms with E-state index in [1.54, 1.807) is 6.07 Å². The van der Waals surface area contributed by atoms with Gasteiger partial charge < -0.3 is 10.3 Å². The Balaban J connectivity index is 1.93. The molecule has 2 aromatic rings. The minimum atomic E-state index is -0.592. The molecule has 0 radical (unpaired) electrons. The smallest absolute Gasteiger partial charge is 0.261 e. The van der Waals surface area contributed by atoms with E-state index in [9.17, 15) is 14.0 Å².